The van der Waals surface area contributed by atoms with Crippen molar-refractivity contribution >= 4 is 33.3 Å². The average molecular weight is 795 g/mol. The Balaban J connectivity index is 1.10. The first-order valence-corrected chi connectivity index (χ1v) is 20.0. The van der Waals surface area contributed by atoms with E-state index in [2.05, 4.69) is 19.8 Å². The Kier molecular flexibility index (Phi) is 12.2. The average Bonchev–Trinajstić information content (AvgIpc) is 3.14. The molecule has 298 valence electrons. The second-order valence-corrected chi connectivity index (χ2v) is 16.6. The molecule has 0 aliphatic carbocycles. The maximum Gasteiger partial charge on any atom is 0.435 e. The second-order valence-electron chi connectivity index (χ2n) is 14.9. The highest BCUT2D eigenvalue weighted by molar-refractivity contribution is 7.91. The molecule has 12 nitrogen and oxygen atoms in total. The molecule has 2 fully saturated rings. The number of carbonyl (C=O) groups is 2. The molecule has 0 unspecified atom stereocenters. The molecule has 2 aliphatic rings. The number of aromatic nitrogens is 2. The third-order valence-electron chi connectivity index (χ3n) is 9.48. The van der Waals surface area contributed by atoms with Crippen LogP contribution in [0, 0.1) is 0 Å². The lowest BCUT2D eigenvalue weighted by molar-refractivity contribution is -0.156. The van der Waals surface area contributed by atoms with Gasteiger partial charge in [0.1, 0.15) is 11.4 Å². The van der Waals surface area contributed by atoms with Gasteiger partial charge in [-0.1, -0.05) is 42.5 Å². The number of piperidine rings is 1. The van der Waals surface area contributed by atoms with E-state index in [1.54, 1.807) is 59.5 Å². The standard InChI is InChI=1S/C40H45F3N6O6S/c1-39(2,3)55-37(50)26-47-21-23-48(24-22-47)34-14-11-31(25-33(34)46-56(52,53)27-28-7-5-4-6-8-28)38(51)49-19-17-30(18-20-49)29-9-12-32(13-10-29)54-36-16-15-35(44-45-36)40(41,42)43/h4-16,25,30,46H,17-24,26-27H2,1-3H3. The van der Waals surface area contributed by atoms with Crippen molar-refractivity contribution in [3.8, 4) is 11.6 Å². The fourth-order valence-electron chi connectivity index (χ4n) is 6.78. The number of nitrogens with zero attached hydrogens (tertiary/aromatic N) is 5. The number of rotatable bonds is 11. The Morgan fingerprint density at radius 3 is 2.12 bits per heavy atom. The van der Waals surface area contributed by atoms with Gasteiger partial charge in [-0.3, -0.25) is 19.2 Å². The molecule has 2 saturated heterocycles. The van der Waals surface area contributed by atoms with Crippen molar-refractivity contribution in [1.82, 2.24) is 20.0 Å². The lowest BCUT2D eigenvalue weighted by atomic mass is 9.89. The molecule has 56 heavy (non-hydrogen) atoms. The lowest BCUT2D eigenvalue weighted by Crippen LogP contribution is -2.49. The van der Waals surface area contributed by atoms with Gasteiger partial charge < -0.3 is 19.3 Å². The second kappa shape index (κ2) is 16.9. The molecule has 0 saturated carbocycles. The number of nitrogens with one attached hydrogen (secondary N) is 1. The molecule has 3 heterocycles. The van der Waals surface area contributed by atoms with Gasteiger partial charge in [0.05, 0.1) is 23.7 Å². The van der Waals surface area contributed by atoms with E-state index in [0.29, 0.717) is 80.4 Å². The number of piperazine rings is 1. The third-order valence-corrected chi connectivity index (χ3v) is 10.7. The molecule has 1 N–H and O–H groups in total. The zero-order chi connectivity index (χ0) is 40.1. The molecule has 2 aliphatic heterocycles. The molecule has 4 aromatic rings. The molecule has 0 radical (unpaired) electrons. The summed E-state index contributed by atoms with van der Waals surface area (Å²) in [6, 6.07) is 23.1. The van der Waals surface area contributed by atoms with Crippen molar-refractivity contribution < 1.29 is 40.7 Å². The van der Waals surface area contributed by atoms with Gasteiger partial charge in [-0.15, -0.1) is 10.2 Å². The van der Waals surface area contributed by atoms with E-state index in [9.17, 15) is 31.2 Å². The van der Waals surface area contributed by atoms with Gasteiger partial charge in [0.2, 0.25) is 15.9 Å². The maximum absolute atomic E-state index is 13.9. The summed E-state index contributed by atoms with van der Waals surface area (Å²) >= 11 is 0. The van der Waals surface area contributed by atoms with Crippen LogP contribution >= 0.6 is 0 Å². The number of anilines is 2. The predicted molar refractivity (Wildman–Crippen MR) is 205 cm³/mol. The Labute approximate surface area is 324 Å². The largest absolute Gasteiger partial charge is 0.459 e. The number of halogens is 3. The third kappa shape index (κ3) is 11.0. The fourth-order valence-corrected chi connectivity index (χ4v) is 7.98. The van der Waals surface area contributed by atoms with E-state index in [4.69, 9.17) is 9.47 Å². The van der Waals surface area contributed by atoms with Gasteiger partial charge in [0, 0.05) is 50.9 Å². The summed E-state index contributed by atoms with van der Waals surface area (Å²) in [7, 11) is -3.86. The van der Waals surface area contributed by atoms with Crippen LogP contribution in [0.15, 0.2) is 84.9 Å². The Morgan fingerprint density at radius 1 is 0.839 bits per heavy atom. The number of hydrogen-bond donors (Lipinski definition) is 1. The van der Waals surface area contributed by atoms with Gasteiger partial charge in [-0.2, -0.15) is 13.2 Å². The molecule has 0 spiro atoms. The van der Waals surface area contributed by atoms with Gasteiger partial charge in [-0.05, 0) is 87.1 Å². The summed E-state index contributed by atoms with van der Waals surface area (Å²) in [6.45, 7) is 8.81. The normalized spacial score (nSPS) is 16.0. The summed E-state index contributed by atoms with van der Waals surface area (Å²) < 4.78 is 79.2. The molecular weight excluding hydrogens is 750 g/mol. The quantitative estimate of drug-likeness (QED) is 0.163. The van der Waals surface area contributed by atoms with Crippen molar-refractivity contribution in [2.45, 2.75) is 57.1 Å². The minimum absolute atomic E-state index is 0.0596. The topological polar surface area (TPSA) is 134 Å². The van der Waals surface area contributed by atoms with E-state index < -0.39 is 27.5 Å². The van der Waals surface area contributed by atoms with E-state index in [1.807, 2.05) is 43.9 Å². The zero-order valence-electron chi connectivity index (χ0n) is 31.5. The van der Waals surface area contributed by atoms with Gasteiger partial charge in [0.25, 0.3) is 5.91 Å². The number of carbonyl (C=O) groups excluding carboxylic acids is 2. The molecule has 16 heteroatoms. The van der Waals surface area contributed by atoms with Crippen molar-refractivity contribution in [1.29, 1.82) is 0 Å². The number of benzene rings is 3. The summed E-state index contributed by atoms with van der Waals surface area (Å²) in [4.78, 5) is 32.1. The lowest BCUT2D eigenvalue weighted by Gasteiger charge is -2.37. The summed E-state index contributed by atoms with van der Waals surface area (Å²) in [5.74, 6) is -0.241. The molecular formula is C40H45F3N6O6S. The molecule has 0 bridgehead atoms. The van der Waals surface area contributed by atoms with Crippen molar-refractivity contribution in [2.24, 2.45) is 0 Å². The SMILES string of the molecule is CC(C)(C)OC(=O)CN1CCN(c2ccc(C(=O)N3CCC(c4ccc(Oc5ccc(C(F)(F)F)nn5)cc4)CC3)cc2NS(=O)(=O)Cc2ccccc2)CC1. The van der Waals surface area contributed by atoms with Crippen molar-refractivity contribution in [3.63, 3.8) is 0 Å². The van der Waals surface area contributed by atoms with Crippen LogP contribution in [0.4, 0.5) is 24.5 Å². The minimum atomic E-state index is -4.59. The number of alkyl halides is 3. The van der Waals surface area contributed by atoms with Crippen LogP contribution < -0.4 is 14.4 Å². The van der Waals surface area contributed by atoms with Crippen LogP contribution in [0.2, 0.25) is 0 Å². The first kappa shape index (κ1) is 40.4. The zero-order valence-corrected chi connectivity index (χ0v) is 32.3. The first-order chi connectivity index (χ1) is 26.5. The van der Waals surface area contributed by atoms with Crippen LogP contribution in [0.1, 0.15) is 66.7 Å². The molecule has 1 aromatic heterocycles. The fraction of sp³-hybridized carbons (Fsp3) is 0.400. The van der Waals surface area contributed by atoms with Gasteiger partial charge in [0.15, 0.2) is 5.69 Å². The van der Waals surface area contributed by atoms with Crippen LogP contribution in [0.5, 0.6) is 11.6 Å². The highest BCUT2D eigenvalue weighted by Gasteiger charge is 2.33. The Hall–Kier alpha value is -5.22. The van der Waals surface area contributed by atoms with E-state index >= 15 is 0 Å². The molecule has 0 atom stereocenters. The van der Waals surface area contributed by atoms with Crippen molar-refractivity contribution in [2.75, 3.05) is 55.4 Å². The van der Waals surface area contributed by atoms with Crippen molar-refractivity contribution in [3.05, 3.63) is 107 Å². The van der Waals surface area contributed by atoms with E-state index in [-0.39, 0.29) is 36.0 Å². The summed E-state index contributed by atoms with van der Waals surface area (Å²) in [6.07, 6.45) is -3.20. The monoisotopic (exact) mass is 794 g/mol. The number of ether oxygens (including phenoxy) is 2. The Bertz CT molecular complexity index is 2080. The van der Waals surface area contributed by atoms with E-state index in [0.717, 1.165) is 17.7 Å². The minimum Gasteiger partial charge on any atom is -0.459 e. The molecule has 1 amide bonds. The molecule has 3 aromatic carbocycles. The highest BCUT2D eigenvalue weighted by atomic mass is 32.2. The summed E-state index contributed by atoms with van der Waals surface area (Å²) in [5.41, 5.74) is 1.30. The highest BCUT2D eigenvalue weighted by Crippen LogP contribution is 2.34. The summed E-state index contributed by atoms with van der Waals surface area (Å²) in [5, 5.41) is 6.69. The van der Waals surface area contributed by atoms with E-state index in [1.165, 1.54) is 0 Å². The number of esters is 1. The number of amides is 1. The maximum atomic E-state index is 13.9. The van der Waals surface area contributed by atoms with Crippen LogP contribution in [0.25, 0.3) is 0 Å². The van der Waals surface area contributed by atoms with Crippen LogP contribution in [-0.2, 0) is 31.5 Å². The molecule has 6 rings (SSSR count). The number of hydrogen-bond acceptors (Lipinski definition) is 10. The predicted octanol–water partition coefficient (Wildman–Crippen LogP) is 6.71. The smallest absolute Gasteiger partial charge is 0.435 e. The van der Waals surface area contributed by atoms with Crippen LogP contribution in [-0.4, -0.2) is 91.7 Å². The first-order valence-electron chi connectivity index (χ1n) is 18.4. The Morgan fingerprint density at radius 2 is 1.52 bits per heavy atom. The number of likely N-dealkylation sites (tertiary alicyclic amines) is 1. The van der Waals surface area contributed by atoms with Gasteiger partial charge >= 0.3 is 12.1 Å². The van der Waals surface area contributed by atoms with Crippen LogP contribution in [0.3, 0.4) is 0 Å². The van der Waals surface area contributed by atoms with Gasteiger partial charge in [-0.25, -0.2) is 8.42 Å². The number of sulfonamides is 1.